The topological polar surface area (TPSA) is 78.9 Å². The number of carbonyl (C=O) groups excluding carboxylic acids is 1. The molecule has 5 nitrogen and oxygen atoms in total. The first-order valence-electron chi connectivity index (χ1n) is 6.84. The largest absolute Gasteiger partial charge is 0.438 e. The van der Waals surface area contributed by atoms with Crippen LogP contribution in [-0.2, 0) is 0 Å². The van der Waals surface area contributed by atoms with E-state index in [-0.39, 0.29) is 11.9 Å². The molecule has 0 saturated heterocycles. The van der Waals surface area contributed by atoms with Gasteiger partial charge in [0, 0.05) is 5.56 Å². The predicted octanol–water partition coefficient (Wildman–Crippen LogP) is 3.19. The summed E-state index contributed by atoms with van der Waals surface area (Å²) in [5.41, 5.74) is 2.46. The van der Waals surface area contributed by atoms with Crippen molar-refractivity contribution in [1.29, 1.82) is 5.26 Å². The molecule has 3 rings (SSSR count). The predicted molar refractivity (Wildman–Crippen MR) is 81.0 cm³/mol. The number of carbonyl (C=O) groups is 1. The zero-order valence-electron chi connectivity index (χ0n) is 11.9. The zero-order chi connectivity index (χ0) is 15.5. The molecule has 0 spiro atoms. The molecule has 1 aromatic heterocycles. The molecule has 1 unspecified atom stereocenters. The Morgan fingerprint density at radius 1 is 1.23 bits per heavy atom. The van der Waals surface area contributed by atoms with E-state index >= 15 is 0 Å². The summed E-state index contributed by atoms with van der Waals surface area (Å²) in [5, 5.41) is 11.6. The molecule has 0 aliphatic carbocycles. The fourth-order valence-electron chi connectivity index (χ4n) is 2.11. The minimum atomic E-state index is -0.351. The number of aromatic nitrogens is 1. The Balaban J connectivity index is 1.76. The lowest BCUT2D eigenvalue weighted by molar-refractivity contribution is 0.0934. The van der Waals surface area contributed by atoms with Crippen molar-refractivity contribution in [3.05, 3.63) is 65.5 Å². The van der Waals surface area contributed by atoms with Gasteiger partial charge in [0.2, 0.25) is 5.89 Å². The Morgan fingerprint density at radius 2 is 1.95 bits per heavy atom. The number of oxazole rings is 1. The molecule has 0 saturated carbocycles. The molecule has 1 atom stereocenters. The molecule has 0 fully saturated rings. The van der Waals surface area contributed by atoms with E-state index in [9.17, 15) is 4.79 Å². The third-order valence-electron chi connectivity index (χ3n) is 3.30. The van der Waals surface area contributed by atoms with Crippen molar-refractivity contribution >= 4 is 17.0 Å². The number of rotatable bonds is 3. The van der Waals surface area contributed by atoms with Crippen LogP contribution in [0.2, 0.25) is 0 Å². The van der Waals surface area contributed by atoms with Crippen molar-refractivity contribution in [2.75, 3.05) is 0 Å². The quantitative estimate of drug-likeness (QED) is 0.803. The minimum Gasteiger partial charge on any atom is -0.438 e. The summed E-state index contributed by atoms with van der Waals surface area (Å²) in [6.45, 7) is 1.81. The molecule has 3 aromatic rings. The van der Waals surface area contributed by atoms with Gasteiger partial charge in [0.05, 0.1) is 11.6 Å². The molecule has 22 heavy (non-hydrogen) atoms. The Kier molecular flexibility index (Phi) is 3.58. The van der Waals surface area contributed by atoms with Crippen molar-refractivity contribution < 1.29 is 9.21 Å². The van der Waals surface area contributed by atoms with E-state index in [1.54, 1.807) is 24.3 Å². The molecule has 5 heteroatoms. The first kappa shape index (κ1) is 13.8. The highest BCUT2D eigenvalue weighted by molar-refractivity contribution is 5.94. The molecule has 0 bridgehead atoms. The van der Waals surface area contributed by atoms with E-state index in [2.05, 4.69) is 10.3 Å². The lowest BCUT2D eigenvalue weighted by Gasteiger charge is -2.10. The highest BCUT2D eigenvalue weighted by Crippen LogP contribution is 2.20. The van der Waals surface area contributed by atoms with Crippen LogP contribution in [0, 0.1) is 11.3 Å². The van der Waals surface area contributed by atoms with Gasteiger partial charge < -0.3 is 9.73 Å². The molecule has 0 aliphatic heterocycles. The molecule has 0 aliphatic rings. The first-order chi connectivity index (χ1) is 10.7. The Hall–Kier alpha value is -3.13. The van der Waals surface area contributed by atoms with Crippen LogP contribution in [0.25, 0.3) is 11.1 Å². The maximum absolute atomic E-state index is 12.2. The van der Waals surface area contributed by atoms with Crippen LogP contribution in [-0.4, -0.2) is 10.9 Å². The smallest absolute Gasteiger partial charge is 0.251 e. The van der Waals surface area contributed by atoms with Crippen LogP contribution in [0.3, 0.4) is 0 Å². The summed E-state index contributed by atoms with van der Waals surface area (Å²) < 4.78 is 5.63. The van der Waals surface area contributed by atoms with Crippen molar-refractivity contribution in [1.82, 2.24) is 10.3 Å². The number of amides is 1. The van der Waals surface area contributed by atoms with Crippen LogP contribution in [0.1, 0.15) is 34.8 Å². The standard InChI is InChI=1S/C17H13N3O2/c1-11(17-20-14-4-2-3-5-15(14)22-17)19-16(21)13-8-6-12(10-18)7-9-13/h2-9,11H,1H3,(H,19,21). The van der Waals surface area contributed by atoms with Gasteiger partial charge in [-0.2, -0.15) is 5.26 Å². The van der Waals surface area contributed by atoms with Crippen LogP contribution in [0.15, 0.2) is 52.9 Å². The number of hydrogen-bond donors (Lipinski definition) is 1. The van der Waals surface area contributed by atoms with Gasteiger partial charge in [-0.1, -0.05) is 12.1 Å². The number of benzene rings is 2. The van der Waals surface area contributed by atoms with Gasteiger partial charge in [-0.05, 0) is 43.3 Å². The Bertz CT molecular complexity index is 826. The number of nitrogens with zero attached hydrogens (tertiary/aromatic N) is 2. The number of hydrogen-bond acceptors (Lipinski definition) is 4. The monoisotopic (exact) mass is 291 g/mol. The summed E-state index contributed by atoms with van der Waals surface area (Å²) in [4.78, 5) is 16.5. The second kappa shape index (κ2) is 5.70. The van der Waals surface area contributed by atoms with E-state index in [1.165, 1.54) is 0 Å². The van der Waals surface area contributed by atoms with E-state index in [1.807, 2.05) is 37.3 Å². The lowest BCUT2D eigenvalue weighted by atomic mass is 10.1. The molecule has 108 valence electrons. The zero-order valence-corrected chi connectivity index (χ0v) is 11.9. The minimum absolute atomic E-state index is 0.237. The summed E-state index contributed by atoms with van der Waals surface area (Å²) in [7, 11) is 0. The van der Waals surface area contributed by atoms with Crippen LogP contribution in [0.5, 0.6) is 0 Å². The van der Waals surface area contributed by atoms with Gasteiger partial charge in [-0.3, -0.25) is 4.79 Å². The molecular formula is C17H13N3O2. The number of nitriles is 1. The SMILES string of the molecule is CC(NC(=O)c1ccc(C#N)cc1)c1nc2ccccc2o1. The van der Waals surface area contributed by atoms with E-state index in [4.69, 9.17) is 9.68 Å². The molecule has 1 N–H and O–H groups in total. The average Bonchev–Trinajstić information content (AvgIpc) is 2.99. The van der Waals surface area contributed by atoms with Crippen LogP contribution < -0.4 is 5.32 Å². The molecule has 1 amide bonds. The molecule has 1 heterocycles. The van der Waals surface area contributed by atoms with Gasteiger partial charge in [0.15, 0.2) is 5.58 Å². The van der Waals surface area contributed by atoms with Gasteiger partial charge in [-0.15, -0.1) is 0 Å². The van der Waals surface area contributed by atoms with Crippen molar-refractivity contribution in [3.8, 4) is 6.07 Å². The highest BCUT2D eigenvalue weighted by Gasteiger charge is 2.16. The Labute approximate surface area is 127 Å². The van der Waals surface area contributed by atoms with Crippen molar-refractivity contribution in [2.24, 2.45) is 0 Å². The third kappa shape index (κ3) is 2.67. The molecule has 2 aromatic carbocycles. The lowest BCUT2D eigenvalue weighted by Crippen LogP contribution is -2.26. The normalized spacial score (nSPS) is 11.8. The Morgan fingerprint density at radius 3 is 2.64 bits per heavy atom. The average molecular weight is 291 g/mol. The summed E-state index contributed by atoms with van der Waals surface area (Å²) in [6.07, 6.45) is 0. The van der Waals surface area contributed by atoms with Gasteiger partial charge in [0.25, 0.3) is 5.91 Å². The van der Waals surface area contributed by atoms with E-state index < -0.39 is 0 Å². The van der Waals surface area contributed by atoms with Gasteiger partial charge in [0.1, 0.15) is 11.6 Å². The fourth-order valence-corrected chi connectivity index (χ4v) is 2.11. The summed E-state index contributed by atoms with van der Waals surface area (Å²) in [6, 6.07) is 15.6. The van der Waals surface area contributed by atoms with E-state index in [0.717, 1.165) is 5.52 Å². The fraction of sp³-hybridized carbons (Fsp3) is 0.118. The number of nitrogens with one attached hydrogen (secondary N) is 1. The van der Waals surface area contributed by atoms with Gasteiger partial charge >= 0.3 is 0 Å². The highest BCUT2D eigenvalue weighted by atomic mass is 16.3. The van der Waals surface area contributed by atoms with Crippen molar-refractivity contribution in [2.45, 2.75) is 13.0 Å². The maximum atomic E-state index is 12.2. The molecular weight excluding hydrogens is 278 g/mol. The summed E-state index contributed by atoms with van der Waals surface area (Å²) >= 11 is 0. The van der Waals surface area contributed by atoms with Crippen molar-refractivity contribution in [3.63, 3.8) is 0 Å². The van der Waals surface area contributed by atoms with E-state index in [0.29, 0.717) is 22.6 Å². The maximum Gasteiger partial charge on any atom is 0.251 e. The second-order valence-electron chi connectivity index (χ2n) is 4.90. The van der Waals surface area contributed by atoms with Crippen LogP contribution in [0.4, 0.5) is 0 Å². The van der Waals surface area contributed by atoms with Gasteiger partial charge in [-0.25, -0.2) is 4.98 Å². The number of para-hydroxylation sites is 2. The first-order valence-corrected chi connectivity index (χ1v) is 6.84. The molecule has 0 radical (unpaired) electrons. The summed E-state index contributed by atoms with van der Waals surface area (Å²) in [5.74, 6) is 0.224. The van der Waals surface area contributed by atoms with Crippen LogP contribution >= 0.6 is 0 Å². The number of fused-ring (bicyclic) bond motifs is 1. The third-order valence-corrected chi connectivity index (χ3v) is 3.30. The second-order valence-corrected chi connectivity index (χ2v) is 4.90.